The van der Waals surface area contributed by atoms with E-state index >= 15 is 0 Å². The Morgan fingerprint density at radius 2 is 1.79 bits per heavy atom. The van der Waals surface area contributed by atoms with Gasteiger partial charge in [-0.3, -0.25) is 9.59 Å². The van der Waals surface area contributed by atoms with Crippen molar-refractivity contribution in [1.82, 2.24) is 0 Å². The number of nitrogens with one attached hydrogen (secondary N) is 1. The molecule has 0 saturated heterocycles. The number of anilines is 1. The van der Waals surface area contributed by atoms with Crippen LogP contribution >= 0.6 is 0 Å². The van der Waals surface area contributed by atoms with Crippen LogP contribution in [0.5, 0.6) is 0 Å². The molecule has 0 spiro atoms. The van der Waals surface area contributed by atoms with Crippen molar-refractivity contribution in [3.63, 3.8) is 0 Å². The monoisotopic (exact) mass is 327 g/mol. The number of carboxylic acids is 1. The highest BCUT2D eigenvalue weighted by atomic mass is 19.1. The fourth-order valence-corrected chi connectivity index (χ4v) is 3.23. The predicted octanol–water partition coefficient (Wildman–Crippen LogP) is 3.33. The smallest absolute Gasteiger partial charge is 0.310 e. The summed E-state index contributed by atoms with van der Waals surface area (Å²) >= 11 is 0. The minimum atomic E-state index is -1.14. The molecule has 0 radical (unpaired) electrons. The zero-order valence-electron chi connectivity index (χ0n) is 13.3. The molecule has 24 heavy (non-hydrogen) atoms. The lowest BCUT2D eigenvalue weighted by Crippen LogP contribution is -2.36. The Hall–Kier alpha value is -2.69. The number of carboxylic acid groups (broad SMARTS) is 1. The molecular formula is C19H18FNO3. The van der Waals surface area contributed by atoms with E-state index in [0.717, 1.165) is 11.1 Å². The number of aryl methyl sites for hydroxylation is 1. The van der Waals surface area contributed by atoms with Gasteiger partial charge in [0.15, 0.2) is 0 Å². The summed E-state index contributed by atoms with van der Waals surface area (Å²) in [7, 11) is 0. The summed E-state index contributed by atoms with van der Waals surface area (Å²) in [5.41, 5.74) is 1.61. The molecule has 0 heterocycles. The van der Waals surface area contributed by atoms with E-state index in [2.05, 4.69) is 5.32 Å². The number of benzene rings is 2. The van der Waals surface area contributed by atoms with Crippen LogP contribution in [0.4, 0.5) is 10.1 Å². The molecule has 2 aromatic rings. The summed E-state index contributed by atoms with van der Waals surface area (Å²) in [5, 5.41) is 12.3. The van der Waals surface area contributed by atoms with Crippen molar-refractivity contribution in [2.45, 2.75) is 26.2 Å². The van der Waals surface area contributed by atoms with Gasteiger partial charge in [0.05, 0.1) is 5.41 Å². The molecular weight excluding hydrogens is 309 g/mol. The zero-order valence-corrected chi connectivity index (χ0v) is 13.3. The van der Waals surface area contributed by atoms with Gasteiger partial charge in [0, 0.05) is 12.1 Å². The molecule has 1 aliphatic carbocycles. The molecule has 124 valence electrons. The lowest BCUT2D eigenvalue weighted by Gasteiger charge is -2.23. The maximum Gasteiger partial charge on any atom is 0.310 e. The van der Waals surface area contributed by atoms with Gasteiger partial charge in [-0.1, -0.05) is 30.3 Å². The number of aliphatic carboxylic acids is 1. The molecule has 0 atom stereocenters. The van der Waals surface area contributed by atoms with E-state index in [-0.39, 0.29) is 6.42 Å². The van der Waals surface area contributed by atoms with Crippen LogP contribution in [0.1, 0.15) is 23.1 Å². The molecule has 2 N–H and O–H groups in total. The molecule has 3 rings (SSSR count). The minimum absolute atomic E-state index is 0.146. The van der Waals surface area contributed by atoms with E-state index in [4.69, 9.17) is 0 Å². The number of rotatable bonds is 4. The van der Waals surface area contributed by atoms with Gasteiger partial charge in [0.2, 0.25) is 5.91 Å². The average molecular weight is 327 g/mol. The van der Waals surface area contributed by atoms with Crippen molar-refractivity contribution in [1.29, 1.82) is 0 Å². The van der Waals surface area contributed by atoms with E-state index in [1.807, 2.05) is 24.3 Å². The van der Waals surface area contributed by atoms with Gasteiger partial charge < -0.3 is 10.4 Å². The van der Waals surface area contributed by atoms with Gasteiger partial charge in [0.1, 0.15) is 5.82 Å². The molecule has 0 bridgehead atoms. The van der Waals surface area contributed by atoms with Gasteiger partial charge in [-0.2, -0.15) is 0 Å². The van der Waals surface area contributed by atoms with Crippen LogP contribution in [-0.2, 0) is 22.4 Å². The molecule has 1 amide bonds. The predicted molar refractivity (Wildman–Crippen MR) is 88.3 cm³/mol. The van der Waals surface area contributed by atoms with Crippen LogP contribution in [0.2, 0.25) is 0 Å². The third-order valence-corrected chi connectivity index (χ3v) is 4.58. The summed E-state index contributed by atoms with van der Waals surface area (Å²) in [5.74, 6) is -1.81. The summed E-state index contributed by atoms with van der Waals surface area (Å²) in [6, 6.07) is 11.9. The van der Waals surface area contributed by atoms with Crippen molar-refractivity contribution in [2.75, 3.05) is 5.32 Å². The first-order valence-corrected chi connectivity index (χ1v) is 7.76. The summed E-state index contributed by atoms with van der Waals surface area (Å²) in [4.78, 5) is 24.2. The topological polar surface area (TPSA) is 66.4 Å². The van der Waals surface area contributed by atoms with Gasteiger partial charge >= 0.3 is 5.97 Å². The molecule has 0 aromatic heterocycles. The van der Waals surface area contributed by atoms with Crippen LogP contribution in [-0.4, -0.2) is 17.0 Å². The van der Waals surface area contributed by atoms with Crippen LogP contribution in [0.3, 0.4) is 0 Å². The number of carbonyl (C=O) groups excluding carboxylic acids is 1. The second-order valence-electron chi connectivity index (χ2n) is 6.40. The number of halogens is 1. The van der Waals surface area contributed by atoms with E-state index < -0.39 is 23.1 Å². The first-order chi connectivity index (χ1) is 11.4. The maximum atomic E-state index is 13.6. The minimum Gasteiger partial charge on any atom is -0.481 e. The normalized spacial score (nSPS) is 14.9. The second kappa shape index (κ2) is 6.07. The Morgan fingerprint density at radius 3 is 2.33 bits per heavy atom. The fraction of sp³-hybridized carbons (Fsp3) is 0.263. The third-order valence-electron chi connectivity index (χ3n) is 4.58. The standard InChI is InChI=1S/C19H18FNO3/c1-12-6-7-15(8-16(12)20)21-17(22)11-19(18(23)24)9-13-4-2-3-5-14(13)10-19/h2-8H,9-11H2,1H3,(H,21,22)(H,23,24). The molecule has 0 fully saturated rings. The Labute approximate surface area is 139 Å². The van der Waals surface area contributed by atoms with Gasteiger partial charge in [-0.25, -0.2) is 4.39 Å². The molecule has 0 unspecified atom stereocenters. The highest BCUT2D eigenvalue weighted by molar-refractivity contribution is 5.94. The van der Waals surface area contributed by atoms with Crippen molar-refractivity contribution in [2.24, 2.45) is 5.41 Å². The lowest BCUT2D eigenvalue weighted by atomic mass is 9.81. The number of hydrogen-bond acceptors (Lipinski definition) is 2. The SMILES string of the molecule is Cc1ccc(NC(=O)CC2(C(=O)O)Cc3ccccc3C2)cc1F. The lowest BCUT2D eigenvalue weighted by molar-refractivity contribution is -0.150. The molecule has 5 heteroatoms. The first kappa shape index (κ1) is 16.2. The molecule has 1 aliphatic rings. The van der Waals surface area contributed by atoms with E-state index in [1.54, 1.807) is 19.1 Å². The highest BCUT2D eigenvalue weighted by Gasteiger charge is 2.45. The Balaban J connectivity index is 1.76. The Kier molecular flexibility index (Phi) is 4.09. The summed E-state index contributed by atoms with van der Waals surface area (Å²) in [6.45, 7) is 1.64. The van der Waals surface area contributed by atoms with Crippen molar-refractivity contribution < 1.29 is 19.1 Å². The van der Waals surface area contributed by atoms with Crippen molar-refractivity contribution in [3.8, 4) is 0 Å². The fourth-order valence-electron chi connectivity index (χ4n) is 3.23. The van der Waals surface area contributed by atoms with Gasteiger partial charge in [0.25, 0.3) is 0 Å². The molecule has 4 nitrogen and oxygen atoms in total. The maximum absolute atomic E-state index is 13.6. The molecule has 0 saturated carbocycles. The van der Waals surface area contributed by atoms with Crippen molar-refractivity contribution in [3.05, 3.63) is 65.0 Å². The first-order valence-electron chi connectivity index (χ1n) is 7.76. The number of carbonyl (C=O) groups is 2. The van der Waals surface area contributed by atoms with Crippen LogP contribution in [0.25, 0.3) is 0 Å². The molecule has 0 aliphatic heterocycles. The average Bonchev–Trinajstić information content (AvgIpc) is 2.90. The van der Waals surface area contributed by atoms with E-state index in [0.29, 0.717) is 24.1 Å². The van der Waals surface area contributed by atoms with E-state index in [9.17, 15) is 19.1 Å². The van der Waals surface area contributed by atoms with Crippen LogP contribution < -0.4 is 5.32 Å². The van der Waals surface area contributed by atoms with E-state index in [1.165, 1.54) is 6.07 Å². The number of hydrogen-bond donors (Lipinski definition) is 2. The number of fused-ring (bicyclic) bond motifs is 1. The number of amides is 1. The second-order valence-corrected chi connectivity index (χ2v) is 6.40. The quantitative estimate of drug-likeness (QED) is 0.905. The van der Waals surface area contributed by atoms with Crippen LogP contribution in [0.15, 0.2) is 42.5 Å². The van der Waals surface area contributed by atoms with Gasteiger partial charge in [-0.05, 0) is 48.6 Å². The third kappa shape index (κ3) is 3.02. The largest absolute Gasteiger partial charge is 0.481 e. The Bertz CT molecular complexity index is 791. The highest BCUT2D eigenvalue weighted by Crippen LogP contribution is 2.40. The molecule has 2 aromatic carbocycles. The summed E-state index contributed by atoms with van der Waals surface area (Å²) < 4.78 is 13.6. The zero-order chi connectivity index (χ0) is 17.3. The van der Waals surface area contributed by atoms with Crippen LogP contribution in [0, 0.1) is 18.2 Å². The Morgan fingerprint density at radius 1 is 1.17 bits per heavy atom. The van der Waals surface area contributed by atoms with Gasteiger partial charge in [-0.15, -0.1) is 0 Å². The van der Waals surface area contributed by atoms with Crippen molar-refractivity contribution >= 4 is 17.6 Å². The summed E-state index contributed by atoms with van der Waals surface area (Å²) in [6.07, 6.45) is 0.509.